The number of nitrogens with one attached hydrogen (secondary N) is 2. The van der Waals surface area contributed by atoms with Crippen LogP contribution in [0.1, 0.15) is 29.9 Å². The normalized spacial score (nSPS) is 11.8. The van der Waals surface area contributed by atoms with Crippen molar-refractivity contribution < 1.29 is 8.81 Å². The fourth-order valence-electron chi connectivity index (χ4n) is 4.20. The number of halogens is 1. The maximum absolute atomic E-state index is 14.1. The summed E-state index contributed by atoms with van der Waals surface area (Å²) < 4.78 is 20.3. The minimum atomic E-state index is -0.622. The van der Waals surface area contributed by atoms with Crippen molar-refractivity contribution in [1.29, 1.82) is 5.41 Å². The Morgan fingerprint density at radius 3 is 2.54 bits per heavy atom. The van der Waals surface area contributed by atoms with Crippen LogP contribution in [0.15, 0.2) is 88.3 Å². The molecule has 0 radical (unpaired) electrons. The van der Waals surface area contributed by atoms with Crippen LogP contribution in [-0.4, -0.2) is 15.7 Å². The third kappa shape index (κ3) is 4.50. The summed E-state index contributed by atoms with van der Waals surface area (Å²) in [5.41, 5.74) is 14.2. The standard InChI is InChI=1S/C28H23FN6O2/c1-15(35-28-23(27(32)33-14-34-28)24(31)16-9-11-19(30)12-10-16)26-22(17-5-4-6-18(29)13-17)25(36)20-7-2-3-8-21(20)37-26/h2-15,31H,30H2,1H3,(H3,32,33,34,35). The number of hydrogen-bond acceptors (Lipinski definition) is 8. The van der Waals surface area contributed by atoms with E-state index in [0.29, 0.717) is 27.8 Å². The number of anilines is 3. The molecule has 184 valence electrons. The third-order valence-electron chi connectivity index (χ3n) is 6.01. The van der Waals surface area contributed by atoms with Gasteiger partial charge in [-0.2, -0.15) is 0 Å². The predicted octanol–water partition coefficient (Wildman–Crippen LogP) is 5.14. The summed E-state index contributed by atoms with van der Waals surface area (Å²) >= 11 is 0. The molecule has 0 spiro atoms. The van der Waals surface area contributed by atoms with Crippen molar-refractivity contribution in [3.63, 3.8) is 0 Å². The molecule has 6 N–H and O–H groups in total. The number of nitrogens with zero attached hydrogens (tertiary/aromatic N) is 2. The van der Waals surface area contributed by atoms with Crippen molar-refractivity contribution in [3.8, 4) is 11.1 Å². The van der Waals surface area contributed by atoms with E-state index in [4.69, 9.17) is 21.3 Å². The molecule has 0 aliphatic rings. The van der Waals surface area contributed by atoms with E-state index in [0.717, 1.165) is 0 Å². The lowest BCUT2D eigenvalue weighted by Crippen LogP contribution is -2.18. The zero-order chi connectivity index (χ0) is 26.1. The van der Waals surface area contributed by atoms with Gasteiger partial charge in [0, 0.05) is 11.3 Å². The molecule has 0 amide bonds. The number of benzene rings is 3. The highest BCUT2D eigenvalue weighted by Gasteiger charge is 2.24. The third-order valence-corrected chi connectivity index (χ3v) is 6.01. The molecule has 2 aromatic heterocycles. The van der Waals surface area contributed by atoms with Crippen LogP contribution in [0.25, 0.3) is 22.1 Å². The quantitative estimate of drug-likeness (QED) is 0.189. The maximum Gasteiger partial charge on any atom is 0.200 e. The summed E-state index contributed by atoms with van der Waals surface area (Å²) in [4.78, 5) is 21.9. The lowest BCUT2D eigenvalue weighted by atomic mass is 9.98. The van der Waals surface area contributed by atoms with Crippen molar-refractivity contribution >= 4 is 34.0 Å². The van der Waals surface area contributed by atoms with Gasteiger partial charge in [-0.15, -0.1) is 0 Å². The van der Waals surface area contributed by atoms with E-state index in [1.54, 1.807) is 67.6 Å². The summed E-state index contributed by atoms with van der Waals surface area (Å²) in [6.07, 6.45) is 1.29. The lowest BCUT2D eigenvalue weighted by molar-refractivity contribution is 0.515. The molecule has 37 heavy (non-hydrogen) atoms. The van der Waals surface area contributed by atoms with Crippen molar-refractivity contribution in [1.82, 2.24) is 9.97 Å². The number of nitrogens with two attached hydrogens (primary N) is 2. The van der Waals surface area contributed by atoms with E-state index >= 15 is 0 Å². The molecule has 9 heteroatoms. The molecular weight excluding hydrogens is 471 g/mol. The van der Waals surface area contributed by atoms with Crippen molar-refractivity contribution in [2.75, 3.05) is 16.8 Å². The largest absolute Gasteiger partial charge is 0.458 e. The number of hydrogen-bond donors (Lipinski definition) is 4. The van der Waals surface area contributed by atoms with Crippen molar-refractivity contribution in [2.45, 2.75) is 13.0 Å². The second-order valence-corrected chi connectivity index (χ2v) is 8.52. The van der Waals surface area contributed by atoms with Gasteiger partial charge >= 0.3 is 0 Å². The molecule has 5 aromatic rings. The highest BCUT2D eigenvalue weighted by Crippen LogP contribution is 2.32. The molecule has 2 heterocycles. The fourth-order valence-corrected chi connectivity index (χ4v) is 4.20. The zero-order valence-corrected chi connectivity index (χ0v) is 19.8. The monoisotopic (exact) mass is 494 g/mol. The molecule has 1 atom stereocenters. The molecular formula is C28H23FN6O2. The maximum atomic E-state index is 14.1. The lowest BCUT2D eigenvalue weighted by Gasteiger charge is -2.20. The zero-order valence-electron chi connectivity index (χ0n) is 19.8. The molecule has 0 bridgehead atoms. The number of aromatic nitrogens is 2. The summed E-state index contributed by atoms with van der Waals surface area (Å²) in [6, 6.07) is 18.9. The SMILES string of the molecule is CC(Nc1ncnc(N)c1C(=N)c1ccc(N)cc1)c1oc2ccccc2c(=O)c1-c1cccc(F)c1. The van der Waals surface area contributed by atoms with E-state index in [9.17, 15) is 9.18 Å². The molecule has 0 aliphatic heterocycles. The van der Waals surface area contributed by atoms with Crippen LogP contribution >= 0.6 is 0 Å². The van der Waals surface area contributed by atoms with Crippen LogP contribution in [0.3, 0.4) is 0 Å². The highest BCUT2D eigenvalue weighted by molar-refractivity contribution is 6.16. The molecule has 0 aliphatic carbocycles. The van der Waals surface area contributed by atoms with Gasteiger partial charge in [-0.3, -0.25) is 10.2 Å². The Labute approximate surface area is 211 Å². The van der Waals surface area contributed by atoms with Gasteiger partial charge in [-0.1, -0.05) is 36.4 Å². The van der Waals surface area contributed by atoms with Gasteiger partial charge in [0.2, 0.25) is 5.43 Å². The molecule has 3 aromatic carbocycles. The average molecular weight is 495 g/mol. The first-order valence-electron chi connectivity index (χ1n) is 11.5. The van der Waals surface area contributed by atoms with Gasteiger partial charge in [0.05, 0.1) is 28.3 Å². The molecule has 0 saturated heterocycles. The summed E-state index contributed by atoms with van der Waals surface area (Å²) in [6.45, 7) is 1.78. The van der Waals surface area contributed by atoms with Gasteiger partial charge in [-0.25, -0.2) is 14.4 Å². The van der Waals surface area contributed by atoms with Crippen LogP contribution in [-0.2, 0) is 0 Å². The number of rotatable bonds is 6. The minimum absolute atomic E-state index is 0.0955. The first-order valence-corrected chi connectivity index (χ1v) is 11.5. The summed E-state index contributed by atoms with van der Waals surface area (Å²) in [5, 5.41) is 12.4. The molecule has 1 unspecified atom stereocenters. The van der Waals surface area contributed by atoms with Crippen LogP contribution in [0.5, 0.6) is 0 Å². The summed E-state index contributed by atoms with van der Waals surface area (Å²) in [5.74, 6) is 0.204. The Hall–Kier alpha value is -5.05. The second kappa shape index (κ2) is 9.54. The van der Waals surface area contributed by atoms with E-state index in [2.05, 4.69) is 15.3 Å². The van der Waals surface area contributed by atoms with Gasteiger partial charge in [-0.05, 0) is 48.9 Å². The van der Waals surface area contributed by atoms with Gasteiger partial charge in [0.25, 0.3) is 0 Å². The Bertz CT molecular complexity index is 1700. The number of para-hydroxylation sites is 1. The smallest absolute Gasteiger partial charge is 0.200 e. The van der Waals surface area contributed by atoms with Crippen molar-refractivity contribution in [3.05, 3.63) is 112 Å². The van der Waals surface area contributed by atoms with Gasteiger partial charge < -0.3 is 21.2 Å². The first-order chi connectivity index (χ1) is 17.8. The van der Waals surface area contributed by atoms with Crippen LogP contribution < -0.4 is 22.2 Å². The van der Waals surface area contributed by atoms with E-state index in [-0.39, 0.29) is 39.7 Å². The Morgan fingerprint density at radius 2 is 1.78 bits per heavy atom. The molecule has 5 rings (SSSR count). The fraction of sp³-hybridized carbons (Fsp3) is 0.0714. The van der Waals surface area contributed by atoms with E-state index in [1.165, 1.54) is 18.5 Å². The number of nitrogen functional groups attached to an aromatic ring is 2. The topological polar surface area (TPSA) is 144 Å². The van der Waals surface area contributed by atoms with Gasteiger partial charge in [0.15, 0.2) is 0 Å². The van der Waals surface area contributed by atoms with E-state index in [1.807, 2.05) is 0 Å². The summed E-state index contributed by atoms with van der Waals surface area (Å²) in [7, 11) is 0. The minimum Gasteiger partial charge on any atom is -0.458 e. The molecule has 0 saturated carbocycles. The van der Waals surface area contributed by atoms with Gasteiger partial charge in [0.1, 0.15) is 35.1 Å². The Kier molecular flexibility index (Phi) is 6.10. The van der Waals surface area contributed by atoms with Crippen LogP contribution in [0.2, 0.25) is 0 Å². The predicted molar refractivity (Wildman–Crippen MR) is 143 cm³/mol. The Balaban J connectivity index is 1.63. The number of fused-ring (bicyclic) bond motifs is 1. The Morgan fingerprint density at radius 1 is 1.03 bits per heavy atom. The second-order valence-electron chi connectivity index (χ2n) is 8.52. The highest BCUT2D eigenvalue weighted by atomic mass is 19.1. The average Bonchev–Trinajstić information content (AvgIpc) is 2.89. The molecule has 8 nitrogen and oxygen atoms in total. The van der Waals surface area contributed by atoms with Crippen LogP contribution in [0.4, 0.5) is 21.7 Å². The van der Waals surface area contributed by atoms with E-state index < -0.39 is 11.9 Å². The van der Waals surface area contributed by atoms with Crippen molar-refractivity contribution in [2.24, 2.45) is 0 Å². The first kappa shape index (κ1) is 23.7. The van der Waals surface area contributed by atoms with Crippen LogP contribution in [0, 0.1) is 11.2 Å². The molecule has 0 fully saturated rings.